The van der Waals surface area contributed by atoms with Crippen molar-refractivity contribution < 1.29 is 27.2 Å². The fourth-order valence-corrected chi connectivity index (χ4v) is 4.45. The van der Waals surface area contributed by atoms with Crippen LogP contribution in [-0.2, 0) is 23.9 Å². The lowest BCUT2D eigenvalue weighted by Crippen LogP contribution is -2.44. The molecule has 2 aromatic heterocycles. The molecule has 5 rings (SSSR count). The molecule has 9 heteroatoms. The molecule has 1 N–H and O–H groups in total. The van der Waals surface area contributed by atoms with E-state index < -0.39 is 11.7 Å². The van der Waals surface area contributed by atoms with Crippen molar-refractivity contribution in [1.82, 2.24) is 14.8 Å². The molecule has 0 unspecified atom stereocenters. The van der Waals surface area contributed by atoms with Gasteiger partial charge >= 0.3 is 6.18 Å². The number of halogens is 3. The van der Waals surface area contributed by atoms with Gasteiger partial charge in [0.1, 0.15) is 6.54 Å². The number of nitrogens with one attached hydrogen (secondary N) is 1. The maximum Gasteiger partial charge on any atom is 0.416 e. The quantitative estimate of drug-likeness (QED) is 0.317. The van der Waals surface area contributed by atoms with Gasteiger partial charge in [0.15, 0.2) is 5.76 Å². The minimum Gasteiger partial charge on any atom is -0.459 e. The van der Waals surface area contributed by atoms with Crippen molar-refractivity contribution in [3.8, 4) is 0 Å². The summed E-state index contributed by atoms with van der Waals surface area (Å²) in [6, 6.07) is 15.8. The van der Waals surface area contributed by atoms with E-state index in [1.807, 2.05) is 30.5 Å². The lowest BCUT2D eigenvalue weighted by molar-refractivity contribution is -0.137. The van der Waals surface area contributed by atoms with Crippen LogP contribution in [0.4, 0.5) is 13.2 Å². The summed E-state index contributed by atoms with van der Waals surface area (Å²) in [5.74, 6) is -0.439. The Morgan fingerprint density at radius 3 is 2.43 bits per heavy atom. The first-order chi connectivity index (χ1) is 17.8. The highest BCUT2D eigenvalue weighted by atomic mass is 19.4. The van der Waals surface area contributed by atoms with Gasteiger partial charge < -0.3 is 19.2 Å². The molecule has 0 bridgehead atoms. The fraction of sp³-hybridized carbons (Fsp3) is 0.286. The molecule has 2 amide bonds. The van der Waals surface area contributed by atoms with Crippen LogP contribution in [0.15, 0.2) is 77.5 Å². The maximum absolute atomic E-state index is 13.5. The van der Waals surface area contributed by atoms with Gasteiger partial charge in [0, 0.05) is 36.2 Å². The number of hydrogen-bond donors (Lipinski definition) is 1. The molecule has 1 aliphatic rings. The third kappa shape index (κ3) is 5.71. The van der Waals surface area contributed by atoms with Crippen molar-refractivity contribution >= 4 is 22.7 Å². The number of para-hydroxylation sites is 1. The first-order valence-electron chi connectivity index (χ1n) is 12.1. The number of aromatic amines is 1. The van der Waals surface area contributed by atoms with Crippen molar-refractivity contribution in [2.75, 3.05) is 13.1 Å². The van der Waals surface area contributed by atoms with Crippen LogP contribution in [-0.4, -0.2) is 45.7 Å². The van der Waals surface area contributed by atoms with Crippen LogP contribution >= 0.6 is 0 Å². The summed E-state index contributed by atoms with van der Waals surface area (Å²) < 4.78 is 44.3. The number of aromatic nitrogens is 1. The molecule has 4 aromatic rings. The second kappa shape index (κ2) is 10.2. The number of carbonyl (C=O) groups excluding carboxylic acids is 2. The second-order valence-corrected chi connectivity index (χ2v) is 9.26. The van der Waals surface area contributed by atoms with E-state index in [9.17, 15) is 22.8 Å². The lowest BCUT2D eigenvalue weighted by Gasteiger charge is -2.27. The standard InChI is InChI=1S/C28H26F3N3O3/c29-28(30,31)21-9-7-19(8-10-21)17-33(14-13-20-16-32-24-5-2-1-4-23(20)24)26(35)18-34(22-11-12-22)27(36)25-6-3-15-37-25/h1-10,15-16,22,32H,11-14,17-18H2. The van der Waals surface area contributed by atoms with Gasteiger partial charge in [-0.25, -0.2) is 0 Å². The van der Waals surface area contributed by atoms with Crippen molar-refractivity contribution in [1.29, 1.82) is 0 Å². The number of carbonyl (C=O) groups is 2. The van der Waals surface area contributed by atoms with Crippen LogP contribution < -0.4 is 0 Å². The van der Waals surface area contributed by atoms with E-state index in [1.54, 1.807) is 17.0 Å². The zero-order valence-corrected chi connectivity index (χ0v) is 20.0. The highest BCUT2D eigenvalue weighted by Crippen LogP contribution is 2.30. The lowest BCUT2D eigenvalue weighted by atomic mass is 10.1. The third-order valence-corrected chi connectivity index (χ3v) is 6.62. The van der Waals surface area contributed by atoms with Crippen LogP contribution in [0.5, 0.6) is 0 Å². The minimum atomic E-state index is -4.43. The van der Waals surface area contributed by atoms with Crippen molar-refractivity contribution in [2.45, 2.75) is 38.0 Å². The van der Waals surface area contributed by atoms with Crippen LogP contribution in [0.25, 0.3) is 10.9 Å². The molecule has 6 nitrogen and oxygen atoms in total. The van der Waals surface area contributed by atoms with Gasteiger partial charge in [-0.2, -0.15) is 13.2 Å². The topological polar surface area (TPSA) is 69.6 Å². The smallest absolute Gasteiger partial charge is 0.416 e. The van der Waals surface area contributed by atoms with Gasteiger partial charge in [0.2, 0.25) is 5.91 Å². The molecule has 0 atom stereocenters. The highest BCUT2D eigenvalue weighted by molar-refractivity contribution is 5.94. The molecule has 192 valence electrons. The molecule has 0 spiro atoms. The summed E-state index contributed by atoms with van der Waals surface area (Å²) in [5, 5.41) is 1.05. The summed E-state index contributed by atoms with van der Waals surface area (Å²) >= 11 is 0. The van der Waals surface area contributed by atoms with Crippen molar-refractivity contribution in [3.63, 3.8) is 0 Å². The molecule has 1 saturated carbocycles. The molecule has 1 aliphatic carbocycles. The van der Waals surface area contributed by atoms with E-state index in [4.69, 9.17) is 4.42 Å². The zero-order chi connectivity index (χ0) is 26.0. The Bertz CT molecular complexity index is 1370. The van der Waals surface area contributed by atoms with Gasteiger partial charge in [0.25, 0.3) is 5.91 Å². The molecule has 37 heavy (non-hydrogen) atoms. The summed E-state index contributed by atoms with van der Waals surface area (Å²) in [4.78, 5) is 32.9. The Balaban J connectivity index is 1.35. The maximum atomic E-state index is 13.5. The Kier molecular flexibility index (Phi) is 6.78. The third-order valence-electron chi connectivity index (χ3n) is 6.62. The number of benzene rings is 2. The summed E-state index contributed by atoms with van der Waals surface area (Å²) in [6.45, 7) is 0.348. The number of H-pyrrole nitrogens is 1. The SMILES string of the molecule is O=C(CN(C(=O)c1ccco1)C1CC1)N(CCc1c[nH]c2ccccc12)Cc1ccc(C(F)(F)F)cc1. The number of hydrogen-bond acceptors (Lipinski definition) is 3. The number of nitrogens with zero attached hydrogens (tertiary/aromatic N) is 2. The van der Waals surface area contributed by atoms with Gasteiger partial charge in [-0.3, -0.25) is 9.59 Å². The first kappa shape index (κ1) is 24.7. The first-order valence-corrected chi connectivity index (χ1v) is 12.1. The monoisotopic (exact) mass is 509 g/mol. The van der Waals surface area contributed by atoms with Crippen molar-refractivity contribution in [3.05, 3.63) is 95.6 Å². The highest BCUT2D eigenvalue weighted by Gasteiger charge is 2.36. The molecule has 1 fully saturated rings. The number of fused-ring (bicyclic) bond motifs is 1. The van der Waals surface area contributed by atoms with Crippen molar-refractivity contribution in [2.24, 2.45) is 0 Å². The van der Waals surface area contributed by atoms with Crippen LogP contribution in [0, 0.1) is 0 Å². The summed E-state index contributed by atoms with van der Waals surface area (Å²) in [5.41, 5.74) is 1.86. The molecule has 0 radical (unpaired) electrons. The Hall–Kier alpha value is -4.01. The molecular formula is C28H26F3N3O3. The number of amides is 2. The number of alkyl halides is 3. The minimum absolute atomic E-state index is 0.0249. The van der Waals surface area contributed by atoms with Gasteiger partial charge in [0.05, 0.1) is 11.8 Å². The van der Waals surface area contributed by atoms with Gasteiger partial charge in [-0.05, 0) is 60.7 Å². The van der Waals surface area contributed by atoms with E-state index in [2.05, 4.69) is 4.98 Å². The number of furan rings is 1. The van der Waals surface area contributed by atoms with Gasteiger partial charge in [-0.15, -0.1) is 0 Å². The summed E-state index contributed by atoms with van der Waals surface area (Å²) in [7, 11) is 0. The Labute approximate surface area is 211 Å². The fourth-order valence-electron chi connectivity index (χ4n) is 4.45. The molecule has 0 aliphatic heterocycles. The van der Waals surface area contributed by atoms with Gasteiger partial charge in [-0.1, -0.05) is 30.3 Å². The van der Waals surface area contributed by atoms with E-state index in [0.717, 1.165) is 41.4 Å². The van der Waals surface area contributed by atoms with Crippen LogP contribution in [0.2, 0.25) is 0 Å². The van der Waals surface area contributed by atoms with E-state index in [-0.39, 0.29) is 36.7 Å². The van der Waals surface area contributed by atoms with E-state index in [1.165, 1.54) is 23.3 Å². The summed E-state index contributed by atoms with van der Waals surface area (Å²) in [6.07, 6.45) is 1.06. The molecule has 2 aromatic carbocycles. The van der Waals surface area contributed by atoms with Crippen LogP contribution in [0.3, 0.4) is 0 Å². The zero-order valence-electron chi connectivity index (χ0n) is 20.0. The Morgan fingerprint density at radius 1 is 1.00 bits per heavy atom. The second-order valence-electron chi connectivity index (χ2n) is 9.26. The van der Waals surface area contributed by atoms with Crippen LogP contribution in [0.1, 0.15) is 40.1 Å². The average Bonchev–Trinajstić information content (AvgIpc) is 3.41. The average molecular weight is 510 g/mol. The predicted molar refractivity (Wildman–Crippen MR) is 132 cm³/mol. The molecule has 2 heterocycles. The Morgan fingerprint density at radius 2 is 1.76 bits per heavy atom. The van der Waals surface area contributed by atoms with E-state index >= 15 is 0 Å². The molecular weight excluding hydrogens is 483 g/mol. The number of rotatable bonds is 9. The molecule has 0 saturated heterocycles. The predicted octanol–water partition coefficient (Wildman–Crippen LogP) is 5.66. The van der Waals surface area contributed by atoms with E-state index in [0.29, 0.717) is 18.5 Å². The largest absolute Gasteiger partial charge is 0.459 e. The normalized spacial score (nSPS) is 13.6.